The van der Waals surface area contributed by atoms with Crippen LogP contribution in [0.5, 0.6) is 5.75 Å². The Labute approximate surface area is 135 Å². The largest absolute Gasteiger partial charge is 0.506 e. The molecule has 0 spiro atoms. The third-order valence-electron chi connectivity index (χ3n) is 3.03. The lowest BCUT2D eigenvalue weighted by atomic mass is 10.00. The van der Waals surface area contributed by atoms with Gasteiger partial charge in [-0.15, -0.1) is 0 Å². The molecule has 0 saturated heterocycles. The minimum Gasteiger partial charge on any atom is -0.506 e. The molecule has 0 aliphatic carbocycles. The average Bonchev–Trinajstić information content (AvgIpc) is 2.61. The quantitative estimate of drug-likeness (QED) is 0.713. The number of phenols is 1. The van der Waals surface area contributed by atoms with E-state index >= 15 is 0 Å². The molecule has 5 heteroatoms. The number of para-hydroxylation sites is 1. The van der Waals surface area contributed by atoms with Gasteiger partial charge in [0.05, 0.1) is 11.6 Å². The Bertz CT molecular complexity index is 834. The normalized spacial score (nSPS) is 9.91. The Hall–Kier alpha value is -3.10. The molecule has 0 unspecified atom stereocenters. The summed E-state index contributed by atoms with van der Waals surface area (Å²) in [5.74, 6) is 1.77. The molecule has 0 saturated carbocycles. The van der Waals surface area contributed by atoms with E-state index in [1.807, 2.05) is 36.4 Å². The lowest BCUT2D eigenvalue weighted by molar-refractivity contribution is 0.480. The van der Waals surface area contributed by atoms with E-state index in [1.165, 1.54) is 5.98 Å². The van der Waals surface area contributed by atoms with Crippen molar-refractivity contribution in [3.8, 4) is 11.8 Å². The van der Waals surface area contributed by atoms with Gasteiger partial charge < -0.3 is 10.1 Å². The third kappa shape index (κ3) is 4.70. The molecule has 0 atom stereocenters. The molecule has 4 nitrogen and oxygen atoms in total. The molecule has 111 valence electrons. The fourth-order valence-electron chi connectivity index (χ4n) is 1.91. The second kappa shape index (κ2) is 8.37. The number of aromatic nitrogens is 1. The molecular formula is C18H14BN2O2. The smallest absolute Gasteiger partial charge is 0.318 e. The van der Waals surface area contributed by atoms with E-state index in [-0.39, 0.29) is 5.75 Å². The van der Waals surface area contributed by atoms with Gasteiger partial charge in [0.2, 0.25) is 0 Å². The fraction of sp³-hybridized carbons (Fsp3) is 0. The number of phenolic OH excluding ortho intramolecular Hbond substituents is 1. The highest BCUT2D eigenvalue weighted by atomic mass is 16.3. The lowest BCUT2D eigenvalue weighted by Crippen LogP contribution is -1.79. The summed E-state index contributed by atoms with van der Waals surface area (Å²) in [5, 5.41) is 27.1. The fourth-order valence-corrected chi connectivity index (χ4v) is 1.91. The Morgan fingerprint density at radius 1 is 1.04 bits per heavy atom. The molecule has 2 N–H and O–H groups in total. The van der Waals surface area contributed by atoms with E-state index in [0.29, 0.717) is 11.1 Å². The molecule has 3 rings (SSSR count). The molecule has 0 amide bonds. The highest BCUT2D eigenvalue weighted by molar-refractivity contribution is 6.34. The van der Waals surface area contributed by atoms with E-state index in [4.69, 9.17) is 10.3 Å². The van der Waals surface area contributed by atoms with Gasteiger partial charge in [-0.1, -0.05) is 42.4 Å². The topological polar surface area (TPSA) is 77.1 Å². The first kappa shape index (κ1) is 16.3. The average molecular weight is 301 g/mol. The minimum absolute atomic E-state index is 0.239. The van der Waals surface area contributed by atoms with Crippen LogP contribution in [0.15, 0.2) is 66.8 Å². The van der Waals surface area contributed by atoms with Gasteiger partial charge >= 0.3 is 7.48 Å². The molecule has 2 aromatic carbocycles. The number of rotatable bonds is 2. The summed E-state index contributed by atoms with van der Waals surface area (Å²) in [5.41, 5.74) is 2.26. The van der Waals surface area contributed by atoms with Gasteiger partial charge in [0.1, 0.15) is 11.3 Å². The predicted molar refractivity (Wildman–Crippen MR) is 91.6 cm³/mol. The van der Waals surface area contributed by atoms with Crippen LogP contribution in [0.1, 0.15) is 11.1 Å². The first-order valence-corrected chi connectivity index (χ1v) is 6.91. The van der Waals surface area contributed by atoms with Crippen LogP contribution in [-0.2, 0) is 0 Å². The molecule has 0 aliphatic rings. The Kier molecular flexibility index (Phi) is 5.93. The van der Waals surface area contributed by atoms with Gasteiger partial charge in [0, 0.05) is 11.6 Å². The van der Waals surface area contributed by atoms with Crippen LogP contribution in [0.3, 0.4) is 0 Å². The number of aromatic hydroxyl groups is 1. The zero-order valence-electron chi connectivity index (χ0n) is 12.3. The maximum atomic E-state index is 9.31. The van der Waals surface area contributed by atoms with Gasteiger partial charge in [-0.2, -0.15) is 5.26 Å². The van der Waals surface area contributed by atoms with Gasteiger partial charge in [0.15, 0.2) is 0 Å². The number of fused-ring (bicyclic) bond motifs is 1. The number of hydrogen-bond acceptors (Lipinski definition) is 4. The summed E-state index contributed by atoms with van der Waals surface area (Å²) in [7, 11) is 0.970. The van der Waals surface area contributed by atoms with Crippen LogP contribution in [-0.4, -0.2) is 22.6 Å². The van der Waals surface area contributed by atoms with Crippen molar-refractivity contribution in [2.45, 2.75) is 0 Å². The van der Waals surface area contributed by atoms with Gasteiger partial charge in [-0.3, -0.25) is 4.98 Å². The highest BCUT2D eigenvalue weighted by Crippen LogP contribution is 2.20. The predicted octanol–water partition coefficient (Wildman–Crippen LogP) is 3.08. The van der Waals surface area contributed by atoms with Crippen molar-refractivity contribution in [2.75, 3.05) is 0 Å². The number of pyridine rings is 1. The molecule has 1 aromatic heterocycles. The van der Waals surface area contributed by atoms with Crippen LogP contribution in [0.25, 0.3) is 17.0 Å². The van der Waals surface area contributed by atoms with Crippen LogP contribution in [0.2, 0.25) is 0 Å². The Balaban J connectivity index is 0.000000167. The number of nitrogens with zero attached hydrogens (tertiary/aromatic N) is 2. The van der Waals surface area contributed by atoms with E-state index < -0.39 is 0 Å². The zero-order valence-corrected chi connectivity index (χ0v) is 12.3. The molecule has 0 fully saturated rings. The maximum Gasteiger partial charge on any atom is 0.318 e. The highest BCUT2D eigenvalue weighted by Gasteiger charge is 1.96. The second-order valence-corrected chi connectivity index (χ2v) is 4.59. The van der Waals surface area contributed by atoms with Gasteiger partial charge in [-0.25, -0.2) is 0 Å². The van der Waals surface area contributed by atoms with E-state index in [0.717, 1.165) is 18.4 Å². The first-order valence-electron chi connectivity index (χ1n) is 6.91. The van der Waals surface area contributed by atoms with Crippen molar-refractivity contribution in [1.82, 2.24) is 4.98 Å². The minimum atomic E-state index is 0.239. The summed E-state index contributed by atoms with van der Waals surface area (Å²) in [4.78, 5) is 4.03. The van der Waals surface area contributed by atoms with Crippen LogP contribution < -0.4 is 0 Å². The van der Waals surface area contributed by atoms with E-state index in [9.17, 15) is 5.11 Å². The molecule has 0 aliphatic heterocycles. The van der Waals surface area contributed by atoms with Crippen molar-refractivity contribution in [1.29, 1.82) is 5.26 Å². The van der Waals surface area contributed by atoms with E-state index in [2.05, 4.69) is 4.98 Å². The summed E-state index contributed by atoms with van der Waals surface area (Å²) in [6.45, 7) is 0. The zero-order chi connectivity index (χ0) is 16.5. The van der Waals surface area contributed by atoms with Crippen LogP contribution in [0.4, 0.5) is 0 Å². The second-order valence-electron chi connectivity index (χ2n) is 4.59. The van der Waals surface area contributed by atoms with Crippen LogP contribution >= 0.6 is 0 Å². The summed E-state index contributed by atoms with van der Waals surface area (Å²) < 4.78 is 0. The number of hydrogen-bond donors (Lipinski definition) is 2. The van der Waals surface area contributed by atoms with E-state index in [1.54, 1.807) is 36.5 Å². The monoisotopic (exact) mass is 301 g/mol. The van der Waals surface area contributed by atoms with Gasteiger partial charge in [-0.05, 0) is 29.8 Å². The Morgan fingerprint density at radius 2 is 1.78 bits per heavy atom. The SMILES string of the molecule is N#Cc1ccc(C=C[B]O)cc1.Oc1cccc2cccnc12. The van der Waals surface area contributed by atoms with Crippen molar-refractivity contribution in [2.24, 2.45) is 0 Å². The Morgan fingerprint density at radius 3 is 2.43 bits per heavy atom. The summed E-state index contributed by atoms with van der Waals surface area (Å²) in [6, 6.07) is 18.3. The molecule has 0 bridgehead atoms. The summed E-state index contributed by atoms with van der Waals surface area (Å²) in [6.07, 6.45) is 3.42. The number of nitriles is 1. The molecular weight excluding hydrogens is 287 g/mol. The third-order valence-corrected chi connectivity index (χ3v) is 3.03. The van der Waals surface area contributed by atoms with Gasteiger partial charge in [0.25, 0.3) is 0 Å². The van der Waals surface area contributed by atoms with Crippen molar-refractivity contribution < 1.29 is 10.1 Å². The standard InChI is InChI=1S/C9H7BNO.C9H7NO/c11-7-9-3-1-8(2-4-9)5-6-10-12;11-8-5-1-3-7-4-2-6-10-9(7)8/h1-6,12H;1-6,11H. The molecule has 1 radical (unpaired) electrons. The van der Waals surface area contributed by atoms with Crippen molar-refractivity contribution in [3.05, 3.63) is 77.9 Å². The first-order chi connectivity index (χ1) is 11.2. The number of benzene rings is 2. The molecule has 1 heterocycles. The maximum absolute atomic E-state index is 9.31. The van der Waals surface area contributed by atoms with Crippen molar-refractivity contribution in [3.63, 3.8) is 0 Å². The molecule has 3 aromatic rings. The summed E-state index contributed by atoms with van der Waals surface area (Å²) >= 11 is 0. The van der Waals surface area contributed by atoms with Crippen LogP contribution in [0, 0.1) is 11.3 Å². The van der Waals surface area contributed by atoms with Crippen molar-refractivity contribution >= 4 is 24.5 Å². The molecule has 23 heavy (non-hydrogen) atoms. The lowest BCUT2D eigenvalue weighted by Gasteiger charge is -1.96.